The van der Waals surface area contributed by atoms with Gasteiger partial charge in [-0.15, -0.1) is 0 Å². The lowest BCUT2D eigenvalue weighted by molar-refractivity contribution is -0.137. The van der Waals surface area contributed by atoms with Crippen molar-refractivity contribution in [3.05, 3.63) is 65.0 Å². The molecule has 0 amide bonds. The molecule has 3 rings (SSSR count). The van der Waals surface area contributed by atoms with Gasteiger partial charge in [-0.2, -0.15) is 18.4 Å². The number of nitrogens with zero attached hydrogens (tertiary/aromatic N) is 3. The van der Waals surface area contributed by atoms with Crippen molar-refractivity contribution in [2.45, 2.75) is 12.3 Å². The highest BCUT2D eigenvalue weighted by atomic mass is 19.4. The Morgan fingerprint density at radius 1 is 1.04 bits per heavy atom. The zero-order valence-electron chi connectivity index (χ0n) is 15.0. The van der Waals surface area contributed by atoms with Crippen LogP contribution in [0.25, 0.3) is 0 Å². The molecule has 1 aliphatic heterocycles. The van der Waals surface area contributed by atoms with Gasteiger partial charge in [0, 0.05) is 38.4 Å². The Labute approximate surface area is 160 Å². The van der Waals surface area contributed by atoms with Gasteiger partial charge in [0.1, 0.15) is 5.82 Å². The van der Waals surface area contributed by atoms with Gasteiger partial charge in [-0.05, 0) is 35.9 Å². The first-order valence-electron chi connectivity index (χ1n) is 8.80. The van der Waals surface area contributed by atoms with E-state index in [0.29, 0.717) is 44.0 Å². The van der Waals surface area contributed by atoms with E-state index in [9.17, 15) is 22.7 Å². The molecule has 1 saturated heterocycles. The molecule has 0 saturated carbocycles. The standard InChI is InChI=1S/C20H19F4N3O/c21-16-4-1-14(2-5-16)19(28)13-26-7-9-27(10-8-26)17-6-3-15(12-25)18(11-17)20(22,23)24/h1-6,11,19,28H,7-10,13H2. The minimum atomic E-state index is -4.58. The zero-order chi connectivity index (χ0) is 20.3. The van der Waals surface area contributed by atoms with E-state index in [0.717, 1.165) is 6.07 Å². The molecule has 2 aromatic rings. The summed E-state index contributed by atoms with van der Waals surface area (Å²) >= 11 is 0. The van der Waals surface area contributed by atoms with E-state index in [1.54, 1.807) is 6.07 Å². The van der Waals surface area contributed by atoms with Crippen LogP contribution in [0.15, 0.2) is 42.5 Å². The quantitative estimate of drug-likeness (QED) is 0.807. The normalized spacial score (nSPS) is 16.6. The summed E-state index contributed by atoms with van der Waals surface area (Å²) < 4.78 is 52.4. The predicted octanol–water partition coefficient (Wildman–Crippen LogP) is 3.57. The summed E-state index contributed by atoms with van der Waals surface area (Å²) in [5, 5.41) is 19.2. The Morgan fingerprint density at radius 2 is 1.68 bits per heavy atom. The zero-order valence-corrected chi connectivity index (χ0v) is 15.0. The van der Waals surface area contributed by atoms with Crippen molar-refractivity contribution in [3.8, 4) is 6.07 Å². The molecule has 8 heteroatoms. The highest BCUT2D eigenvalue weighted by Gasteiger charge is 2.34. The Kier molecular flexibility index (Phi) is 5.87. The van der Waals surface area contributed by atoms with Crippen molar-refractivity contribution < 1.29 is 22.7 Å². The van der Waals surface area contributed by atoms with Crippen molar-refractivity contribution in [1.29, 1.82) is 5.26 Å². The molecule has 1 fully saturated rings. The van der Waals surface area contributed by atoms with Gasteiger partial charge >= 0.3 is 6.18 Å². The number of hydrogen-bond acceptors (Lipinski definition) is 4. The summed E-state index contributed by atoms with van der Waals surface area (Å²) in [5.74, 6) is -0.370. The highest BCUT2D eigenvalue weighted by Crippen LogP contribution is 2.34. The number of alkyl halides is 3. The van der Waals surface area contributed by atoms with Crippen LogP contribution in [0.2, 0.25) is 0 Å². The van der Waals surface area contributed by atoms with E-state index >= 15 is 0 Å². The molecule has 0 aromatic heterocycles. The summed E-state index contributed by atoms with van der Waals surface area (Å²) in [6.45, 7) is 2.50. The largest absolute Gasteiger partial charge is 0.417 e. The van der Waals surface area contributed by atoms with Crippen LogP contribution in [-0.2, 0) is 6.18 Å². The van der Waals surface area contributed by atoms with Crippen LogP contribution in [0.5, 0.6) is 0 Å². The van der Waals surface area contributed by atoms with Crippen molar-refractivity contribution in [2.75, 3.05) is 37.6 Å². The lowest BCUT2D eigenvalue weighted by atomic mass is 10.1. The third-order valence-corrected chi connectivity index (χ3v) is 4.85. The average Bonchev–Trinajstić information content (AvgIpc) is 2.68. The number of benzene rings is 2. The van der Waals surface area contributed by atoms with Crippen LogP contribution in [0.4, 0.5) is 23.2 Å². The van der Waals surface area contributed by atoms with Crippen LogP contribution in [0.3, 0.4) is 0 Å². The number of halogens is 4. The molecule has 1 N–H and O–H groups in total. The number of aliphatic hydroxyl groups is 1. The van der Waals surface area contributed by atoms with Gasteiger partial charge in [0.05, 0.1) is 23.3 Å². The van der Waals surface area contributed by atoms with E-state index < -0.39 is 23.4 Å². The molecule has 1 atom stereocenters. The Balaban J connectivity index is 1.62. The van der Waals surface area contributed by atoms with Gasteiger partial charge in [-0.1, -0.05) is 12.1 Å². The summed E-state index contributed by atoms with van der Waals surface area (Å²) in [5.41, 5.74) is -0.283. The fraction of sp³-hybridized carbons (Fsp3) is 0.350. The van der Waals surface area contributed by atoms with Crippen molar-refractivity contribution in [3.63, 3.8) is 0 Å². The summed E-state index contributed by atoms with van der Waals surface area (Å²) in [6, 6.07) is 11.0. The van der Waals surface area contributed by atoms with Gasteiger partial charge in [0.25, 0.3) is 0 Å². The van der Waals surface area contributed by atoms with Crippen molar-refractivity contribution in [2.24, 2.45) is 0 Å². The van der Waals surface area contributed by atoms with Gasteiger partial charge in [-0.25, -0.2) is 4.39 Å². The van der Waals surface area contributed by atoms with E-state index in [1.807, 2.05) is 9.80 Å². The van der Waals surface area contributed by atoms with Gasteiger partial charge in [-0.3, -0.25) is 4.90 Å². The maximum Gasteiger partial charge on any atom is 0.417 e. The monoisotopic (exact) mass is 393 g/mol. The third kappa shape index (κ3) is 4.61. The number of β-amino-alcohol motifs (C(OH)–C–C–N with tert-alkyl or cyclic N) is 1. The van der Waals surface area contributed by atoms with Crippen LogP contribution in [-0.4, -0.2) is 42.7 Å². The molecule has 2 aromatic carbocycles. The van der Waals surface area contributed by atoms with Gasteiger partial charge in [0.2, 0.25) is 0 Å². The van der Waals surface area contributed by atoms with E-state index in [-0.39, 0.29) is 5.82 Å². The molecular weight excluding hydrogens is 374 g/mol. The van der Waals surface area contributed by atoms with Gasteiger partial charge < -0.3 is 10.0 Å². The first kappa shape index (κ1) is 20.1. The van der Waals surface area contributed by atoms with Crippen LogP contribution >= 0.6 is 0 Å². The number of nitriles is 1. The van der Waals surface area contributed by atoms with Crippen LogP contribution in [0, 0.1) is 17.1 Å². The number of aliphatic hydroxyl groups excluding tert-OH is 1. The minimum Gasteiger partial charge on any atom is -0.387 e. The fourth-order valence-corrected chi connectivity index (χ4v) is 3.28. The SMILES string of the molecule is N#Cc1ccc(N2CCN(CC(O)c3ccc(F)cc3)CC2)cc1C(F)(F)F. The highest BCUT2D eigenvalue weighted by molar-refractivity contribution is 5.55. The van der Waals surface area contributed by atoms with Gasteiger partial charge in [0.15, 0.2) is 0 Å². The molecule has 1 unspecified atom stereocenters. The molecule has 0 aliphatic carbocycles. The number of rotatable bonds is 4. The lowest BCUT2D eigenvalue weighted by Gasteiger charge is -2.37. The first-order valence-corrected chi connectivity index (χ1v) is 8.80. The molecule has 28 heavy (non-hydrogen) atoms. The molecule has 0 radical (unpaired) electrons. The smallest absolute Gasteiger partial charge is 0.387 e. The predicted molar refractivity (Wildman–Crippen MR) is 96.2 cm³/mol. The molecule has 148 valence electrons. The average molecular weight is 393 g/mol. The lowest BCUT2D eigenvalue weighted by Crippen LogP contribution is -2.47. The van der Waals surface area contributed by atoms with Crippen LogP contribution < -0.4 is 4.90 Å². The number of hydrogen-bond donors (Lipinski definition) is 1. The molecule has 1 heterocycles. The fourth-order valence-electron chi connectivity index (χ4n) is 3.28. The second-order valence-electron chi connectivity index (χ2n) is 6.69. The number of anilines is 1. The molecular formula is C20H19F4N3O. The molecule has 0 bridgehead atoms. The minimum absolute atomic E-state index is 0.362. The third-order valence-electron chi connectivity index (χ3n) is 4.85. The van der Waals surface area contributed by atoms with E-state index in [2.05, 4.69) is 0 Å². The second kappa shape index (κ2) is 8.17. The second-order valence-corrected chi connectivity index (χ2v) is 6.69. The topological polar surface area (TPSA) is 50.5 Å². The van der Waals surface area contributed by atoms with Crippen molar-refractivity contribution >= 4 is 5.69 Å². The van der Waals surface area contributed by atoms with Crippen molar-refractivity contribution in [1.82, 2.24) is 4.90 Å². The maximum atomic E-state index is 13.1. The van der Waals surface area contributed by atoms with E-state index in [4.69, 9.17) is 5.26 Å². The first-order chi connectivity index (χ1) is 13.3. The Hall–Kier alpha value is -2.63. The number of piperazine rings is 1. The Morgan fingerprint density at radius 3 is 2.25 bits per heavy atom. The molecule has 1 aliphatic rings. The molecule has 4 nitrogen and oxygen atoms in total. The Bertz CT molecular complexity index is 853. The maximum absolute atomic E-state index is 13.1. The van der Waals surface area contributed by atoms with E-state index in [1.165, 1.54) is 36.4 Å². The van der Waals surface area contributed by atoms with Crippen LogP contribution in [0.1, 0.15) is 22.8 Å². The summed E-state index contributed by atoms with van der Waals surface area (Å²) in [4.78, 5) is 3.84. The summed E-state index contributed by atoms with van der Waals surface area (Å²) in [7, 11) is 0. The summed E-state index contributed by atoms with van der Waals surface area (Å²) in [6.07, 6.45) is -5.35. The molecule has 0 spiro atoms.